The summed E-state index contributed by atoms with van der Waals surface area (Å²) in [6.45, 7) is 9.96. The highest BCUT2D eigenvalue weighted by atomic mass is 19.1. The van der Waals surface area contributed by atoms with E-state index >= 15 is 0 Å². The highest BCUT2D eigenvalue weighted by Crippen LogP contribution is 2.21. The van der Waals surface area contributed by atoms with E-state index in [1.807, 2.05) is 26.2 Å². The molecule has 1 unspecified atom stereocenters. The van der Waals surface area contributed by atoms with Gasteiger partial charge >= 0.3 is 0 Å². The van der Waals surface area contributed by atoms with Gasteiger partial charge in [0.1, 0.15) is 11.6 Å². The number of hydrogen-bond acceptors (Lipinski definition) is 5. The fourth-order valence-electron chi connectivity index (χ4n) is 4.52. The first-order valence-corrected chi connectivity index (χ1v) is 12.9. The third kappa shape index (κ3) is 9.01. The van der Waals surface area contributed by atoms with E-state index in [1.54, 1.807) is 19.2 Å². The van der Waals surface area contributed by atoms with Crippen molar-refractivity contribution >= 4 is 24.5 Å². The van der Waals surface area contributed by atoms with Crippen LogP contribution in [0.15, 0.2) is 30.3 Å². The minimum absolute atomic E-state index is 0.114. The number of ether oxygens (including phenoxy) is 2. The van der Waals surface area contributed by atoms with Gasteiger partial charge in [0.15, 0.2) is 5.78 Å². The molecule has 0 saturated heterocycles. The Morgan fingerprint density at radius 1 is 1.16 bits per heavy atom. The number of nitrogens with zero attached hydrogens (tertiary/aromatic N) is 1. The van der Waals surface area contributed by atoms with Crippen LogP contribution >= 0.6 is 0 Å². The Morgan fingerprint density at radius 3 is 2.54 bits per heavy atom. The van der Waals surface area contributed by atoms with Gasteiger partial charge in [0.05, 0.1) is 19.3 Å². The average molecular weight is 513 g/mol. The van der Waals surface area contributed by atoms with Gasteiger partial charge in [-0.2, -0.15) is 0 Å². The number of nitrogens with one attached hydrogen (secondary N) is 1. The van der Waals surface area contributed by atoms with E-state index in [2.05, 4.69) is 23.7 Å². The van der Waals surface area contributed by atoms with Crippen molar-refractivity contribution in [2.75, 3.05) is 41.0 Å². The highest BCUT2D eigenvalue weighted by Gasteiger charge is 2.16. The summed E-state index contributed by atoms with van der Waals surface area (Å²) in [5.74, 6) is -0.0807. The molecule has 0 fully saturated rings. The molecule has 0 bridgehead atoms. The Labute approximate surface area is 220 Å². The quantitative estimate of drug-likeness (QED) is 0.288. The van der Waals surface area contributed by atoms with Crippen LogP contribution in [-0.4, -0.2) is 57.6 Å². The maximum atomic E-state index is 14.2. The Kier molecular flexibility index (Phi) is 12.3. The van der Waals surface area contributed by atoms with Gasteiger partial charge in [0, 0.05) is 56.7 Å². The van der Waals surface area contributed by atoms with Crippen LogP contribution in [0.1, 0.15) is 65.3 Å². The molecule has 0 aliphatic heterocycles. The molecule has 0 spiro atoms. The molecule has 0 radical (unpaired) electrons. The summed E-state index contributed by atoms with van der Waals surface area (Å²) in [6.07, 6.45) is 5.98. The summed E-state index contributed by atoms with van der Waals surface area (Å²) in [5, 5.41) is 4.66. The summed E-state index contributed by atoms with van der Waals surface area (Å²) in [5.41, 5.74) is 1.62. The molecule has 0 aliphatic rings. The summed E-state index contributed by atoms with van der Waals surface area (Å²) in [4.78, 5) is 27.3. The number of rotatable bonds is 15. The number of carbonyl (C=O) groups is 2. The Balaban J connectivity index is 2.05. The molecule has 2 aromatic rings. The second-order valence-electron chi connectivity index (χ2n) is 9.44. The fraction of sp³-hybridized carbons (Fsp3) is 0.467. The number of Topliss-reactive ketones (excluding diaryl/α,β-unsaturated/α-hetero) is 1. The molecule has 202 valence electrons. The van der Waals surface area contributed by atoms with Crippen molar-refractivity contribution in [1.29, 1.82) is 0 Å². The third-order valence-corrected chi connectivity index (χ3v) is 6.53. The Hall–Kier alpha value is -3.19. The first-order valence-electron chi connectivity index (χ1n) is 12.9. The van der Waals surface area contributed by atoms with Gasteiger partial charge in [-0.25, -0.2) is 4.39 Å². The zero-order chi connectivity index (χ0) is 27.4. The minimum atomic E-state index is -0.544. The summed E-state index contributed by atoms with van der Waals surface area (Å²) in [6, 6.07) is 8.02. The largest absolute Gasteiger partial charge is 0.497 e. The van der Waals surface area contributed by atoms with Gasteiger partial charge in [-0.05, 0) is 61.1 Å². The SMILES string of the molecule is C=c1ccc(C(=O)NCCOC)c(C)/c1=C/N(C)CC(CCC)CCCC(=O)c1ccc(OC)cc1F. The second-order valence-corrected chi connectivity index (χ2v) is 9.44. The van der Waals surface area contributed by atoms with E-state index in [4.69, 9.17) is 9.47 Å². The van der Waals surface area contributed by atoms with Gasteiger partial charge in [0.25, 0.3) is 5.91 Å². The number of carbonyl (C=O) groups excluding carboxylic acids is 2. The summed E-state index contributed by atoms with van der Waals surface area (Å²) < 4.78 is 24.3. The number of methoxy groups -OCH3 is 2. The van der Waals surface area contributed by atoms with Crippen molar-refractivity contribution in [3.63, 3.8) is 0 Å². The first kappa shape index (κ1) is 30.0. The lowest BCUT2D eigenvalue weighted by atomic mass is 9.94. The first-order chi connectivity index (χ1) is 17.7. The van der Waals surface area contributed by atoms with Crippen LogP contribution in [0.2, 0.25) is 0 Å². The fourth-order valence-corrected chi connectivity index (χ4v) is 4.52. The van der Waals surface area contributed by atoms with Crippen LogP contribution in [-0.2, 0) is 4.74 Å². The summed E-state index contributed by atoms with van der Waals surface area (Å²) in [7, 11) is 5.09. The molecule has 1 N–H and O–H groups in total. The Morgan fingerprint density at radius 2 is 1.89 bits per heavy atom. The standard InChI is InChI=1S/C30H41FN2O4/c1-7-9-23(10-8-11-29(34)26-15-13-24(37-6)18-28(26)31)19-33(4)20-27-21(2)12-14-25(22(27)3)30(35)32-16-17-36-5/h12-15,18,20,23H,2,7-11,16-17,19H2,1,3-6H3,(H,32,35)/b27-20+. The molecule has 6 nitrogen and oxygen atoms in total. The van der Waals surface area contributed by atoms with E-state index < -0.39 is 5.82 Å². The minimum Gasteiger partial charge on any atom is -0.497 e. The van der Waals surface area contributed by atoms with Crippen LogP contribution in [0.3, 0.4) is 0 Å². The van der Waals surface area contributed by atoms with Gasteiger partial charge in [-0.15, -0.1) is 0 Å². The molecule has 2 aromatic carbocycles. The number of amides is 1. The normalized spacial score (nSPS) is 12.3. The molecule has 7 heteroatoms. The van der Waals surface area contributed by atoms with E-state index in [0.29, 0.717) is 43.2 Å². The van der Waals surface area contributed by atoms with Crippen molar-refractivity contribution in [2.45, 2.75) is 46.0 Å². The van der Waals surface area contributed by atoms with E-state index in [0.717, 1.165) is 41.8 Å². The van der Waals surface area contributed by atoms with Crippen LogP contribution in [0.5, 0.6) is 5.75 Å². The van der Waals surface area contributed by atoms with Crippen LogP contribution in [0.25, 0.3) is 12.8 Å². The van der Waals surface area contributed by atoms with Gasteiger partial charge < -0.3 is 19.7 Å². The maximum absolute atomic E-state index is 14.2. The third-order valence-electron chi connectivity index (χ3n) is 6.53. The van der Waals surface area contributed by atoms with E-state index in [1.165, 1.54) is 19.2 Å². The van der Waals surface area contributed by atoms with Crippen molar-refractivity contribution < 1.29 is 23.5 Å². The highest BCUT2D eigenvalue weighted by molar-refractivity contribution is 5.96. The van der Waals surface area contributed by atoms with Crippen LogP contribution in [0.4, 0.5) is 4.39 Å². The van der Waals surface area contributed by atoms with Gasteiger partial charge in [0.2, 0.25) is 0 Å². The number of hydrogen-bond donors (Lipinski definition) is 1. The molecule has 1 atom stereocenters. The topological polar surface area (TPSA) is 67.9 Å². The van der Waals surface area contributed by atoms with Crippen LogP contribution < -0.4 is 20.5 Å². The molecule has 0 saturated carbocycles. The van der Waals surface area contributed by atoms with Gasteiger partial charge in [-0.1, -0.05) is 26.0 Å². The Bertz CT molecular complexity index is 1160. The number of halogens is 1. The molecule has 0 aliphatic carbocycles. The van der Waals surface area contributed by atoms with E-state index in [-0.39, 0.29) is 17.3 Å². The predicted octanol–water partition coefficient (Wildman–Crippen LogP) is 4.07. The molecular formula is C30H41FN2O4. The van der Waals surface area contributed by atoms with E-state index in [9.17, 15) is 14.0 Å². The zero-order valence-electron chi connectivity index (χ0n) is 22.9. The van der Waals surface area contributed by atoms with Crippen molar-refractivity contribution in [3.05, 3.63) is 63.3 Å². The van der Waals surface area contributed by atoms with Crippen molar-refractivity contribution in [2.24, 2.45) is 5.92 Å². The molecule has 1 amide bonds. The predicted molar refractivity (Wildman–Crippen MR) is 147 cm³/mol. The molecule has 2 rings (SSSR count). The van der Waals surface area contributed by atoms with Crippen molar-refractivity contribution in [3.8, 4) is 5.75 Å². The molecule has 0 heterocycles. The molecule has 0 aromatic heterocycles. The summed E-state index contributed by atoms with van der Waals surface area (Å²) >= 11 is 0. The maximum Gasteiger partial charge on any atom is 0.251 e. The van der Waals surface area contributed by atoms with Gasteiger partial charge in [-0.3, -0.25) is 9.59 Å². The lowest BCUT2D eigenvalue weighted by Crippen LogP contribution is -2.35. The molecular weight excluding hydrogens is 471 g/mol. The van der Waals surface area contributed by atoms with Crippen LogP contribution in [0, 0.1) is 18.7 Å². The lowest BCUT2D eigenvalue weighted by Gasteiger charge is -2.23. The zero-order valence-corrected chi connectivity index (χ0v) is 22.9. The number of benzene rings is 2. The average Bonchev–Trinajstić information content (AvgIpc) is 2.86. The second kappa shape index (κ2) is 15.2. The lowest BCUT2D eigenvalue weighted by molar-refractivity contribution is 0.0934. The molecule has 37 heavy (non-hydrogen) atoms. The smallest absolute Gasteiger partial charge is 0.251 e. The van der Waals surface area contributed by atoms with Crippen molar-refractivity contribution in [1.82, 2.24) is 10.2 Å². The monoisotopic (exact) mass is 512 g/mol. The number of ketones is 1.